The maximum atomic E-state index is 9.93. The van der Waals surface area contributed by atoms with Crippen molar-refractivity contribution in [3.8, 4) is 17.2 Å². The lowest BCUT2D eigenvalue weighted by molar-refractivity contribution is -0.175. The second-order valence-corrected chi connectivity index (χ2v) is 3.77. The van der Waals surface area contributed by atoms with Crippen LogP contribution in [0.1, 0.15) is 18.6 Å². The predicted molar refractivity (Wildman–Crippen MR) is 55.8 cm³/mol. The van der Waals surface area contributed by atoms with Gasteiger partial charge in [0, 0.05) is 6.92 Å². The molecule has 0 aliphatic carbocycles. The van der Waals surface area contributed by atoms with Crippen molar-refractivity contribution in [3.63, 3.8) is 0 Å². The van der Waals surface area contributed by atoms with Crippen LogP contribution in [-0.4, -0.2) is 30.2 Å². The van der Waals surface area contributed by atoms with Crippen LogP contribution in [0.4, 0.5) is 0 Å². The number of ether oxygens (including phenoxy) is 3. The Bertz CT molecular complexity index is 413. The van der Waals surface area contributed by atoms with Crippen LogP contribution < -0.4 is 14.2 Å². The summed E-state index contributed by atoms with van der Waals surface area (Å²) in [6, 6.07) is 3.32. The van der Waals surface area contributed by atoms with Gasteiger partial charge in [-0.3, -0.25) is 0 Å². The molecule has 2 unspecified atom stereocenters. The van der Waals surface area contributed by atoms with Crippen molar-refractivity contribution in [3.05, 3.63) is 17.7 Å². The first-order valence-electron chi connectivity index (χ1n) is 4.85. The molecule has 5 heteroatoms. The smallest absolute Gasteiger partial charge is 0.236 e. The molecule has 0 saturated heterocycles. The van der Waals surface area contributed by atoms with Gasteiger partial charge in [-0.1, -0.05) is 0 Å². The molecule has 0 spiro atoms. The Morgan fingerprint density at radius 1 is 1.25 bits per heavy atom. The molecule has 1 aromatic rings. The highest BCUT2D eigenvalue weighted by Crippen LogP contribution is 2.51. The Hall–Kier alpha value is -1.46. The number of hydrogen-bond acceptors (Lipinski definition) is 5. The normalized spacial score (nSPS) is 27.2. The van der Waals surface area contributed by atoms with Crippen molar-refractivity contribution in [2.24, 2.45) is 0 Å². The van der Waals surface area contributed by atoms with E-state index in [4.69, 9.17) is 14.2 Å². The van der Waals surface area contributed by atoms with E-state index in [1.54, 1.807) is 12.1 Å². The van der Waals surface area contributed by atoms with Crippen molar-refractivity contribution in [2.45, 2.75) is 18.8 Å². The van der Waals surface area contributed by atoms with E-state index in [0.717, 1.165) is 0 Å². The summed E-state index contributed by atoms with van der Waals surface area (Å²) in [6.45, 7) is 1.39. The first kappa shape index (κ1) is 11.0. The average molecular weight is 226 g/mol. The van der Waals surface area contributed by atoms with Crippen molar-refractivity contribution in [1.29, 1.82) is 0 Å². The molecule has 0 radical (unpaired) electrons. The standard InChI is InChI=1S/C11H14O5/c1-11(13)10(12)8-6(14-2)4-5-7(15-3)9(8)16-11/h4-5,10,12-13H,1-3H3. The molecule has 1 aliphatic heterocycles. The van der Waals surface area contributed by atoms with Crippen LogP contribution in [0.3, 0.4) is 0 Å². The van der Waals surface area contributed by atoms with E-state index >= 15 is 0 Å². The summed E-state index contributed by atoms with van der Waals surface area (Å²) in [5, 5.41) is 19.8. The first-order valence-corrected chi connectivity index (χ1v) is 4.85. The molecular formula is C11H14O5. The largest absolute Gasteiger partial charge is 0.496 e. The maximum absolute atomic E-state index is 9.93. The van der Waals surface area contributed by atoms with Gasteiger partial charge < -0.3 is 24.4 Å². The van der Waals surface area contributed by atoms with E-state index in [2.05, 4.69) is 0 Å². The van der Waals surface area contributed by atoms with E-state index < -0.39 is 11.9 Å². The molecule has 5 nitrogen and oxygen atoms in total. The van der Waals surface area contributed by atoms with Gasteiger partial charge in [-0.25, -0.2) is 0 Å². The molecule has 16 heavy (non-hydrogen) atoms. The number of rotatable bonds is 2. The van der Waals surface area contributed by atoms with Crippen molar-refractivity contribution >= 4 is 0 Å². The zero-order valence-electron chi connectivity index (χ0n) is 9.35. The molecule has 0 amide bonds. The van der Waals surface area contributed by atoms with Gasteiger partial charge >= 0.3 is 0 Å². The molecule has 0 bridgehead atoms. The third-order valence-corrected chi connectivity index (χ3v) is 2.65. The van der Waals surface area contributed by atoms with Gasteiger partial charge in [-0.05, 0) is 12.1 Å². The van der Waals surface area contributed by atoms with Crippen molar-refractivity contribution in [2.75, 3.05) is 14.2 Å². The van der Waals surface area contributed by atoms with E-state index in [-0.39, 0.29) is 0 Å². The molecule has 2 rings (SSSR count). The minimum atomic E-state index is -1.66. The Balaban J connectivity index is 2.61. The fourth-order valence-electron chi connectivity index (χ4n) is 1.79. The molecular weight excluding hydrogens is 212 g/mol. The minimum Gasteiger partial charge on any atom is -0.496 e. The van der Waals surface area contributed by atoms with E-state index in [1.807, 2.05) is 0 Å². The van der Waals surface area contributed by atoms with Gasteiger partial charge in [0.25, 0.3) is 0 Å². The monoisotopic (exact) mass is 226 g/mol. The fraction of sp³-hybridized carbons (Fsp3) is 0.455. The van der Waals surface area contributed by atoms with Gasteiger partial charge in [0.05, 0.1) is 19.8 Å². The maximum Gasteiger partial charge on any atom is 0.236 e. The Morgan fingerprint density at radius 3 is 2.38 bits per heavy atom. The van der Waals surface area contributed by atoms with Crippen LogP contribution in [0, 0.1) is 0 Å². The number of hydrogen-bond donors (Lipinski definition) is 2. The zero-order valence-corrected chi connectivity index (χ0v) is 9.35. The first-order chi connectivity index (χ1) is 7.51. The molecule has 0 fully saturated rings. The van der Waals surface area contributed by atoms with Gasteiger partial charge in [0.2, 0.25) is 5.79 Å². The Morgan fingerprint density at radius 2 is 1.81 bits per heavy atom. The fourth-order valence-corrected chi connectivity index (χ4v) is 1.79. The minimum absolute atomic E-state index is 0.319. The molecule has 1 aromatic carbocycles. The number of methoxy groups -OCH3 is 2. The van der Waals surface area contributed by atoms with Gasteiger partial charge in [-0.2, -0.15) is 0 Å². The highest BCUT2D eigenvalue weighted by molar-refractivity contribution is 5.57. The summed E-state index contributed by atoms with van der Waals surface area (Å²) < 4.78 is 15.5. The SMILES string of the molecule is COc1ccc(OC)c2c1OC(C)(O)C2O. The third-order valence-electron chi connectivity index (χ3n) is 2.65. The summed E-state index contributed by atoms with van der Waals surface area (Å²) in [6.07, 6.45) is -1.16. The molecule has 1 heterocycles. The molecule has 2 N–H and O–H groups in total. The second kappa shape index (κ2) is 3.54. The topological polar surface area (TPSA) is 68.2 Å². The number of aliphatic hydroxyl groups is 2. The lowest BCUT2D eigenvalue weighted by Gasteiger charge is -2.20. The Labute approximate surface area is 93.2 Å². The molecule has 0 saturated carbocycles. The average Bonchev–Trinajstić information content (AvgIpc) is 2.49. The lowest BCUT2D eigenvalue weighted by atomic mass is 10.0. The van der Waals surface area contributed by atoms with Crippen LogP contribution in [0.15, 0.2) is 12.1 Å². The van der Waals surface area contributed by atoms with Crippen LogP contribution in [0.5, 0.6) is 17.2 Å². The van der Waals surface area contributed by atoms with Crippen LogP contribution in [0.25, 0.3) is 0 Å². The van der Waals surface area contributed by atoms with Crippen LogP contribution >= 0.6 is 0 Å². The predicted octanol–water partition coefficient (Wildman–Crippen LogP) is 0.838. The highest BCUT2D eigenvalue weighted by Gasteiger charge is 2.46. The van der Waals surface area contributed by atoms with E-state index in [0.29, 0.717) is 22.8 Å². The molecule has 2 atom stereocenters. The van der Waals surface area contributed by atoms with Gasteiger partial charge in [-0.15, -0.1) is 0 Å². The van der Waals surface area contributed by atoms with Crippen molar-refractivity contribution in [1.82, 2.24) is 0 Å². The van der Waals surface area contributed by atoms with Gasteiger partial charge in [0.15, 0.2) is 17.6 Å². The highest BCUT2D eigenvalue weighted by atomic mass is 16.7. The van der Waals surface area contributed by atoms with Gasteiger partial charge in [0.1, 0.15) is 5.75 Å². The van der Waals surface area contributed by atoms with Crippen LogP contribution in [0.2, 0.25) is 0 Å². The number of benzene rings is 1. The van der Waals surface area contributed by atoms with Crippen molar-refractivity contribution < 1.29 is 24.4 Å². The van der Waals surface area contributed by atoms with E-state index in [1.165, 1.54) is 21.1 Å². The zero-order chi connectivity index (χ0) is 11.9. The number of aliphatic hydroxyl groups excluding tert-OH is 1. The molecule has 0 aromatic heterocycles. The summed E-state index contributed by atoms with van der Waals surface area (Å²) in [5.74, 6) is -0.433. The second-order valence-electron chi connectivity index (χ2n) is 3.77. The third kappa shape index (κ3) is 1.40. The number of fused-ring (bicyclic) bond motifs is 1. The molecule has 88 valence electrons. The quantitative estimate of drug-likeness (QED) is 0.782. The summed E-state index contributed by atoms with van der Waals surface area (Å²) in [4.78, 5) is 0. The summed E-state index contributed by atoms with van der Waals surface area (Å²) in [5.41, 5.74) is 0.409. The van der Waals surface area contributed by atoms with Crippen LogP contribution in [-0.2, 0) is 0 Å². The lowest BCUT2D eigenvalue weighted by Crippen LogP contribution is -2.33. The Kier molecular flexibility index (Phi) is 2.44. The van der Waals surface area contributed by atoms with E-state index in [9.17, 15) is 10.2 Å². The molecule has 1 aliphatic rings. The summed E-state index contributed by atoms with van der Waals surface area (Å²) in [7, 11) is 2.98. The summed E-state index contributed by atoms with van der Waals surface area (Å²) >= 11 is 0.